The number of esters is 3. The molecule has 2 aliphatic heterocycles. The fourth-order valence-corrected chi connectivity index (χ4v) is 7.99. The second kappa shape index (κ2) is 16.3. The van der Waals surface area contributed by atoms with Crippen molar-refractivity contribution in [3.8, 4) is 22.9 Å². The molecule has 1 atom stereocenters. The van der Waals surface area contributed by atoms with Gasteiger partial charge in [0.15, 0.2) is 5.60 Å². The molecular formula is C45H39ClN4O11. The molecule has 0 saturated carbocycles. The highest BCUT2D eigenvalue weighted by atomic mass is 35.5. The summed E-state index contributed by atoms with van der Waals surface area (Å²) in [6.45, 7) is 3.28. The van der Waals surface area contributed by atoms with Crippen LogP contribution in [0.3, 0.4) is 0 Å². The average Bonchev–Trinajstić information content (AvgIpc) is 3.75. The maximum Gasteiger partial charge on any atom is 0.343 e. The molecule has 0 radical (unpaired) electrons. The predicted octanol–water partition coefficient (Wildman–Crippen LogP) is 5.28. The number of amides is 1. The number of aliphatic hydroxyl groups is 1. The van der Waals surface area contributed by atoms with E-state index in [1.54, 1.807) is 85.1 Å². The summed E-state index contributed by atoms with van der Waals surface area (Å²) < 4.78 is 24.4. The van der Waals surface area contributed by atoms with Gasteiger partial charge in [-0.15, -0.1) is 0 Å². The van der Waals surface area contributed by atoms with Crippen molar-refractivity contribution < 1.29 is 48.0 Å². The fraction of sp³-hybridized carbons (Fsp3) is 0.267. The number of pyridine rings is 2. The normalized spacial score (nSPS) is 15.1. The van der Waals surface area contributed by atoms with Crippen LogP contribution in [0.15, 0.2) is 77.6 Å². The largest absolute Gasteiger partial charge is 0.497 e. The van der Waals surface area contributed by atoms with Crippen LogP contribution in [0.4, 0.5) is 0 Å². The lowest BCUT2D eigenvalue weighted by Gasteiger charge is -2.31. The highest BCUT2D eigenvalue weighted by molar-refractivity contribution is 6.30. The van der Waals surface area contributed by atoms with Crippen molar-refractivity contribution in [2.45, 2.75) is 58.3 Å². The molecule has 1 amide bonds. The number of fused-ring (bicyclic) bond motifs is 6. The van der Waals surface area contributed by atoms with Gasteiger partial charge >= 0.3 is 17.9 Å². The molecule has 15 nitrogen and oxygen atoms in total. The van der Waals surface area contributed by atoms with Gasteiger partial charge in [-0.25, -0.2) is 9.78 Å². The SMILES string of the molecule is CC[C@]1(O)C(=O)OCc2c1cc1n(c2=O)Cc2cc3cc(OC(=O)CCC(=O)OCCNC(=O)Cc4c(C)n(C(=O)c5ccc(Cl)cc5)c5ccc(OC)cc45)ccc3nc2-1. The molecule has 0 spiro atoms. The number of halogens is 1. The zero-order chi connectivity index (χ0) is 43.2. The Morgan fingerprint density at radius 1 is 0.967 bits per heavy atom. The standard InChI is InChI=1S/C45H39ClN4O11/c1-4-45(57)34-21-37-41-27(22-49(37)43(55)33(34)23-60-44(45)56)17-26-18-30(9-11-35(26)48-41)61-40(53)14-13-39(52)59-16-15-47-38(51)20-31-24(2)50(36-12-10-29(58-3)19-32(31)36)42(54)25-5-7-28(46)8-6-25/h5-12,17-19,21,57H,4,13-16,20,22-23H2,1-3H3,(H,47,51)/t45-/m1/s1. The summed E-state index contributed by atoms with van der Waals surface area (Å²) >= 11 is 6.03. The van der Waals surface area contributed by atoms with Gasteiger partial charge < -0.3 is 33.9 Å². The van der Waals surface area contributed by atoms with Crippen LogP contribution in [0.25, 0.3) is 33.2 Å². The molecule has 5 heterocycles. The number of methoxy groups -OCH3 is 1. The van der Waals surface area contributed by atoms with E-state index in [1.165, 1.54) is 11.7 Å². The molecule has 0 saturated heterocycles. The number of hydrogen-bond acceptors (Lipinski definition) is 12. The molecular weight excluding hydrogens is 808 g/mol. The summed E-state index contributed by atoms with van der Waals surface area (Å²) in [5.41, 5.74) is 2.73. The van der Waals surface area contributed by atoms with Gasteiger partial charge in [-0.1, -0.05) is 18.5 Å². The monoisotopic (exact) mass is 846 g/mol. The molecule has 3 aromatic carbocycles. The Hall–Kier alpha value is -6.84. The predicted molar refractivity (Wildman–Crippen MR) is 221 cm³/mol. The third kappa shape index (κ3) is 7.62. The lowest BCUT2D eigenvalue weighted by molar-refractivity contribution is -0.172. The van der Waals surface area contributed by atoms with Crippen LogP contribution in [0.2, 0.25) is 5.02 Å². The summed E-state index contributed by atoms with van der Waals surface area (Å²) in [4.78, 5) is 82.5. The smallest absolute Gasteiger partial charge is 0.343 e. The van der Waals surface area contributed by atoms with Crippen LogP contribution >= 0.6 is 11.6 Å². The van der Waals surface area contributed by atoms with E-state index >= 15 is 0 Å². The summed E-state index contributed by atoms with van der Waals surface area (Å²) in [5.74, 6) is -1.95. The minimum atomic E-state index is -1.93. The zero-order valence-corrected chi connectivity index (χ0v) is 34.1. The molecule has 0 bridgehead atoms. The van der Waals surface area contributed by atoms with E-state index in [0.717, 1.165) is 5.56 Å². The molecule has 61 heavy (non-hydrogen) atoms. The minimum absolute atomic E-state index is 0.0195. The minimum Gasteiger partial charge on any atom is -0.497 e. The van der Waals surface area contributed by atoms with E-state index in [9.17, 15) is 33.9 Å². The third-order valence-corrected chi connectivity index (χ3v) is 11.4. The van der Waals surface area contributed by atoms with Gasteiger partial charge in [-0.2, -0.15) is 0 Å². The Morgan fingerprint density at radius 2 is 1.72 bits per heavy atom. The van der Waals surface area contributed by atoms with Crippen LogP contribution in [-0.2, 0) is 53.8 Å². The highest BCUT2D eigenvalue weighted by Crippen LogP contribution is 2.39. The fourth-order valence-electron chi connectivity index (χ4n) is 7.86. The molecule has 2 N–H and O–H groups in total. The summed E-state index contributed by atoms with van der Waals surface area (Å²) in [6, 6.07) is 20.2. The first kappa shape index (κ1) is 40.9. The number of cyclic esters (lactones) is 1. The van der Waals surface area contributed by atoms with Crippen LogP contribution in [0, 0.1) is 6.92 Å². The van der Waals surface area contributed by atoms with Crippen LogP contribution in [0.5, 0.6) is 11.5 Å². The van der Waals surface area contributed by atoms with Crippen molar-refractivity contribution in [3.05, 3.63) is 122 Å². The van der Waals surface area contributed by atoms with E-state index in [2.05, 4.69) is 5.32 Å². The quantitative estimate of drug-likeness (QED) is 0.0920. The first-order valence-corrected chi connectivity index (χ1v) is 19.9. The Labute approximate surface area is 352 Å². The van der Waals surface area contributed by atoms with Gasteiger partial charge in [0.2, 0.25) is 5.91 Å². The Kier molecular flexibility index (Phi) is 10.9. The van der Waals surface area contributed by atoms with E-state index in [0.29, 0.717) is 60.8 Å². The van der Waals surface area contributed by atoms with Crippen LogP contribution < -0.4 is 20.3 Å². The topological polar surface area (TPSA) is 194 Å². The first-order chi connectivity index (χ1) is 29.3. The molecule has 0 unspecified atom stereocenters. The van der Waals surface area contributed by atoms with Crippen molar-refractivity contribution in [2.24, 2.45) is 0 Å². The number of ether oxygens (including phenoxy) is 4. The van der Waals surface area contributed by atoms with Crippen molar-refractivity contribution in [1.82, 2.24) is 19.4 Å². The Bertz CT molecular complexity index is 2880. The maximum atomic E-state index is 13.6. The van der Waals surface area contributed by atoms with E-state index < -0.39 is 23.5 Å². The number of benzene rings is 3. The van der Waals surface area contributed by atoms with E-state index in [-0.39, 0.29) is 86.2 Å². The first-order valence-electron chi connectivity index (χ1n) is 19.5. The number of carbonyl (C=O) groups excluding carboxylic acids is 5. The molecule has 6 aromatic rings. The number of rotatable bonds is 12. The third-order valence-electron chi connectivity index (χ3n) is 11.1. The average molecular weight is 847 g/mol. The lowest BCUT2D eigenvalue weighted by Crippen LogP contribution is -2.44. The molecule has 0 aliphatic carbocycles. The van der Waals surface area contributed by atoms with Crippen molar-refractivity contribution >= 4 is 63.1 Å². The van der Waals surface area contributed by atoms with Gasteiger partial charge in [0.05, 0.1) is 67.4 Å². The second-order valence-electron chi connectivity index (χ2n) is 14.8. The summed E-state index contributed by atoms with van der Waals surface area (Å²) in [7, 11) is 1.53. The Morgan fingerprint density at radius 3 is 2.48 bits per heavy atom. The van der Waals surface area contributed by atoms with Crippen LogP contribution in [0.1, 0.15) is 64.5 Å². The van der Waals surface area contributed by atoms with Crippen molar-refractivity contribution in [2.75, 3.05) is 20.3 Å². The molecule has 3 aromatic heterocycles. The summed E-state index contributed by atoms with van der Waals surface area (Å²) in [6.07, 6.45) is -0.527. The molecule has 312 valence electrons. The van der Waals surface area contributed by atoms with Crippen molar-refractivity contribution in [3.63, 3.8) is 0 Å². The highest BCUT2D eigenvalue weighted by Gasteiger charge is 2.45. The molecule has 16 heteroatoms. The number of nitrogens with zero attached hydrogens (tertiary/aromatic N) is 3. The maximum absolute atomic E-state index is 13.6. The van der Waals surface area contributed by atoms with E-state index in [4.69, 9.17) is 35.5 Å². The van der Waals surface area contributed by atoms with E-state index in [1.807, 2.05) is 6.07 Å². The Balaban J connectivity index is 0.841. The molecule has 2 aliphatic rings. The molecule has 0 fully saturated rings. The van der Waals surface area contributed by atoms with Gasteiger partial charge in [-0.05, 0) is 91.7 Å². The van der Waals surface area contributed by atoms with Gasteiger partial charge in [0.25, 0.3) is 11.5 Å². The number of carbonyl (C=O) groups is 5. The number of hydrogen-bond donors (Lipinski definition) is 2. The van der Waals surface area contributed by atoms with Crippen molar-refractivity contribution in [1.29, 1.82) is 0 Å². The van der Waals surface area contributed by atoms with Gasteiger partial charge in [-0.3, -0.25) is 28.5 Å². The molecule has 8 rings (SSSR count). The van der Waals surface area contributed by atoms with Gasteiger partial charge in [0, 0.05) is 38.2 Å². The van der Waals surface area contributed by atoms with Crippen LogP contribution in [-0.4, -0.2) is 69.2 Å². The van der Waals surface area contributed by atoms with Gasteiger partial charge in [0.1, 0.15) is 24.7 Å². The second-order valence-corrected chi connectivity index (χ2v) is 15.2. The zero-order valence-electron chi connectivity index (χ0n) is 33.3. The number of aromatic nitrogens is 3. The lowest BCUT2D eigenvalue weighted by atomic mass is 9.86. The summed E-state index contributed by atoms with van der Waals surface area (Å²) in [5, 5.41) is 15.7. The number of nitrogens with one attached hydrogen (secondary N) is 1.